The van der Waals surface area contributed by atoms with Gasteiger partial charge in [0, 0.05) is 12.0 Å². The van der Waals surface area contributed by atoms with Gasteiger partial charge in [0.05, 0.1) is 0 Å². The molecule has 0 bridgehead atoms. The summed E-state index contributed by atoms with van der Waals surface area (Å²) in [5, 5.41) is 0. The van der Waals surface area contributed by atoms with Crippen LogP contribution in [0.15, 0.2) is 35.1 Å². The van der Waals surface area contributed by atoms with Gasteiger partial charge in [-0.15, -0.1) is 0 Å². The smallest absolute Gasteiger partial charge is 0.338 e. The van der Waals surface area contributed by atoms with Crippen molar-refractivity contribution in [2.24, 2.45) is 0 Å². The van der Waals surface area contributed by atoms with Crippen molar-refractivity contribution in [3.8, 4) is 0 Å². The predicted octanol–water partition coefficient (Wildman–Crippen LogP) is 5.21. The van der Waals surface area contributed by atoms with Crippen molar-refractivity contribution in [1.82, 2.24) is 0 Å². The second-order valence-corrected chi connectivity index (χ2v) is 5.87. The van der Waals surface area contributed by atoms with Crippen molar-refractivity contribution >= 4 is 5.97 Å². The Hall–Kier alpha value is -1.31. The first-order valence-electron chi connectivity index (χ1n) is 8.04. The first-order valence-corrected chi connectivity index (χ1v) is 8.04. The van der Waals surface area contributed by atoms with E-state index in [4.69, 9.17) is 4.74 Å². The van der Waals surface area contributed by atoms with Crippen LogP contribution in [0.3, 0.4) is 0 Å². The monoisotopic (exact) mass is 274 g/mol. The molecule has 2 nitrogen and oxygen atoms in total. The first-order chi connectivity index (χ1) is 9.75. The lowest BCUT2D eigenvalue weighted by Crippen LogP contribution is -2.06. The van der Waals surface area contributed by atoms with Crippen LogP contribution in [0.25, 0.3) is 0 Å². The number of hydrogen-bond acceptors (Lipinski definition) is 2. The summed E-state index contributed by atoms with van der Waals surface area (Å²) in [4.78, 5) is 12.1. The Morgan fingerprint density at radius 1 is 1.00 bits per heavy atom. The van der Waals surface area contributed by atoms with E-state index in [1.54, 1.807) is 0 Å². The number of esters is 1. The molecule has 0 atom stereocenters. The molecule has 2 aliphatic carbocycles. The van der Waals surface area contributed by atoms with Gasteiger partial charge in [-0.2, -0.15) is 0 Å². The zero-order valence-corrected chi connectivity index (χ0v) is 12.6. The number of ether oxygens (including phenoxy) is 1. The van der Waals surface area contributed by atoms with E-state index in [0.29, 0.717) is 0 Å². The number of carbonyl (C=O) groups is 1. The lowest BCUT2D eigenvalue weighted by atomic mass is 10.1. The molecular weight excluding hydrogens is 248 g/mol. The third kappa shape index (κ3) is 4.99. The lowest BCUT2D eigenvalue weighted by Gasteiger charge is -2.08. The van der Waals surface area contributed by atoms with E-state index in [-0.39, 0.29) is 5.97 Å². The van der Waals surface area contributed by atoms with Gasteiger partial charge in [0.2, 0.25) is 0 Å². The summed E-state index contributed by atoms with van der Waals surface area (Å²) in [6.45, 7) is 1.87. The van der Waals surface area contributed by atoms with Crippen LogP contribution in [0.2, 0.25) is 0 Å². The molecule has 0 heterocycles. The molecule has 2 rings (SSSR count). The molecule has 0 radical (unpaired) electrons. The van der Waals surface area contributed by atoms with Crippen LogP contribution in [0.1, 0.15) is 71.1 Å². The van der Waals surface area contributed by atoms with E-state index in [0.717, 1.165) is 43.4 Å². The molecule has 0 aromatic carbocycles. The molecule has 0 spiro atoms. The van der Waals surface area contributed by atoms with Crippen LogP contribution in [-0.2, 0) is 9.53 Å². The summed E-state index contributed by atoms with van der Waals surface area (Å²) in [5.74, 6) is 0.693. The van der Waals surface area contributed by atoms with E-state index >= 15 is 0 Å². The van der Waals surface area contributed by atoms with Crippen LogP contribution in [0, 0.1) is 0 Å². The Labute approximate surface area is 122 Å². The lowest BCUT2D eigenvalue weighted by molar-refractivity contribution is -0.135. The van der Waals surface area contributed by atoms with Crippen molar-refractivity contribution in [2.45, 2.75) is 71.1 Å². The SMILES string of the molecule is CC(=CC1=CCCCCC1)C(=O)OC1=CCCCCC1. The van der Waals surface area contributed by atoms with Gasteiger partial charge in [0.15, 0.2) is 0 Å². The van der Waals surface area contributed by atoms with Gasteiger partial charge >= 0.3 is 5.97 Å². The highest BCUT2D eigenvalue weighted by molar-refractivity contribution is 5.89. The number of carbonyl (C=O) groups excluding carboxylic acids is 1. The molecule has 0 N–H and O–H groups in total. The Balaban J connectivity index is 1.93. The van der Waals surface area contributed by atoms with Crippen molar-refractivity contribution < 1.29 is 9.53 Å². The summed E-state index contributed by atoms with van der Waals surface area (Å²) in [7, 11) is 0. The Morgan fingerprint density at radius 3 is 2.50 bits per heavy atom. The van der Waals surface area contributed by atoms with Crippen molar-refractivity contribution in [2.75, 3.05) is 0 Å². The summed E-state index contributed by atoms with van der Waals surface area (Å²) in [5.41, 5.74) is 2.02. The van der Waals surface area contributed by atoms with Crippen LogP contribution < -0.4 is 0 Å². The van der Waals surface area contributed by atoms with Crippen LogP contribution in [-0.4, -0.2) is 5.97 Å². The zero-order valence-electron chi connectivity index (χ0n) is 12.6. The summed E-state index contributed by atoms with van der Waals surface area (Å²) in [6.07, 6.45) is 17.9. The minimum Gasteiger partial charge on any atom is -0.428 e. The van der Waals surface area contributed by atoms with Crippen molar-refractivity contribution in [3.05, 3.63) is 35.1 Å². The van der Waals surface area contributed by atoms with E-state index in [2.05, 4.69) is 12.2 Å². The van der Waals surface area contributed by atoms with Crippen LogP contribution in [0.5, 0.6) is 0 Å². The Kier molecular flexibility index (Phi) is 6.10. The predicted molar refractivity (Wildman–Crippen MR) is 82.2 cm³/mol. The molecule has 0 aromatic rings. The highest BCUT2D eigenvalue weighted by Crippen LogP contribution is 2.21. The maximum Gasteiger partial charge on any atom is 0.338 e. The molecule has 110 valence electrons. The fraction of sp³-hybridized carbons (Fsp3) is 0.611. The standard InChI is InChI=1S/C18H26O2/c1-15(14-16-10-6-2-3-7-11-16)18(19)20-17-12-8-4-5-9-13-17/h10,12,14H,2-9,11,13H2,1H3. The highest BCUT2D eigenvalue weighted by Gasteiger charge is 2.12. The molecule has 2 heteroatoms. The number of rotatable bonds is 3. The molecule has 0 fully saturated rings. The average molecular weight is 274 g/mol. The first kappa shape index (κ1) is 15.1. The largest absolute Gasteiger partial charge is 0.428 e. The molecule has 2 aliphatic rings. The molecule has 20 heavy (non-hydrogen) atoms. The average Bonchev–Trinajstić information content (AvgIpc) is 2.83. The molecule has 0 aliphatic heterocycles. The molecule has 0 unspecified atom stereocenters. The van der Waals surface area contributed by atoms with Gasteiger partial charge in [-0.1, -0.05) is 24.5 Å². The summed E-state index contributed by atoms with van der Waals surface area (Å²) < 4.78 is 5.53. The minimum atomic E-state index is -0.178. The molecule has 0 aromatic heterocycles. The van der Waals surface area contributed by atoms with Crippen LogP contribution in [0.4, 0.5) is 0 Å². The Morgan fingerprint density at radius 2 is 1.70 bits per heavy atom. The second-order valence-electron chi connectivity index (χ2n) is 5.87. The number of allylic oxidation sites excluding steroid dienone is 5. The van der Waals surface area contributed by atoms with E-state index in [1.807, 2.05) is 13.0 Å². The Bertz CT molecular complexity index is 427. The molecule has 0 amide bonds. The second kappa shape index (κ2) is 8.08. The normalized spacial score (nSPS) is 21.4. The van der Waals surface area contributed by atoms with Crippen molar-refractivity contribution in [1.29, 1.82) is 0 Å². The fourth-order valence-corrected chi connectivity index (χ4v) is 2.79. The maximum absolute atomic E-state index is 12.1. The fourth-order valence-electron chi connectivity index (χ4n) is 2.79. The van der Waals surface area contributed by atoms with Gasteiger partial charge in [0.1, 0.15) is 5.76 Å². The van der Waals surface area contributed by atoms with E-state index in [9.17, 15) is 4.79 Å². The summed E-state index contributed by atoms with van der Waals surface area (Å²) >= 11 is 0. The minimum absolute atomic E-state index is 0.178. The molecular formula is C18H26O2. The zero-order chi connectivity index (χ0) is 14.2. The quantitative estimate of drug-likeness (QED) is 0.521. The molecule has 0 saturated heterocycles. The van der Waals surface area contributed by atoms with Gasteiger partial charge in [-0.3, -0.25) is 0 Å². The third-order valence-electron chi connectivity index (χ3n) is 4.02. The third-order valence-corrected chi connectivity index (χ3v) is 4.02. The van der Waals surface area contributed by atoms with Gasteiger partial charge in [-0.05, 0) is 64.0 Å². The maximum atomic E-state index is 12.1. The summed E-state index contributed by atoms with van der Waals surface area (Å²) in [6, 6.07) is 0. The number of hydrogen-bond donors (Lipinski definition) is 0. The van der Waals surface area contributed by atoms with Gasteiger partial charge in [0.25, 0.3) is 0 Å². The molecule has 0 saturated carbocycles. The van der Waals surface area contributed by atoms with E-state index in [1.165, 1.54) is 37.7 Å². The van der Waals surface area contributed by atoms with E-state index < -0.39 is 0 Å². The van der Waals surface area contributed by atoms with Crippen molar-refractivity contribution in [3.63, 3.8) is 0 Å². The van der Waals surface area contributed by atoms with Crippen LogP contribution >= 0.6 is 0 Å². The van der Waals surface area contributed by atoms with Gasteiger partial charge in [-0.25, -0.2) is 4.79 Å². The topological polar surface area (TPSA) is 26.3 Å². The highest BCUT2D eigenvalue weighted by atomic mass is 16.5. The van der Waals surface area contributed by atoms with Gasteiger partial charge < -0.3 is 4.74 Å².